The van der Waals surface area contributed by atoms with Crippen LogP contribution in [0.5, 0.6) is 0 Å². The molecule has 0 aliphatic carbocycles. The van der Waals surface area contributed by atoms with Crippen LogP contribution >= 0.6 is 0 Å². The first-order valence-electron chi connectivity index (χ1n) is 7.24. The van der Waals surface area contributed by atoms with Gasteiger partial charge in [0.05, 0.1) is 26.4 Å². The molecule has 0 unspecified atom stereocenters. The molecule has 132 valence electrons. The van der Waals surface area contributed by atoms with E-state index in [0.29, 0.717) is 11.3 Å². The highest BCUT2D eigenvalue weighted by atomic mass is 16.5. The third-order valence-corrected chi connectivity index (χ3v) is 3.43. The van der Waals surface area contributed by atoms with Gasteiger partial charge in [-0.15, -0.1) is 0 Å². The number of carboxylic acids is 1. The van der Waals surface area contributed by atoms with Crippen molar-refractivity contribution >= 4 is 29.7 Å². The van der Waals surface area contributed by atoms with Crippen LogP contribution < -0.4 is 4.90 Å². The molecular formula is C17H17NO7. The summed E-state index contributed by atoms with van der Waals surface area (Å²) in [7, 11) is 2.42. The quantitative estimate of drug-likeness (QED) is 0.626. The molecule has 0 bridgehead atoms. The second-order valence-electron chi connectivity index (χ2n) is 4.98. The van der Waals surface area contributed by atoms with E-state index >= 15 is 0 Å². The van der Waals surface area contributed by atoms with Crippen molar-refractivity contribution in [2.24, 2.45) is 0 Å². The standard InChI is InChI=1S/C17H17NO7/c1-23-16(21)13-9-25-10-18(15(13)17(22)24-2)12-5-3-4-11(8-12)6-7-14(19)20/h3-8H,9-10H2,1-2H3,(H,19,20). The lowest BCUT2D eigenvalue weighted by Gasteiger charge is -2.31. The number of aliphatic carboxylic acids is 1. The van der Waals surface area contributed by atoms with Crippen molar-refractivity contribution < 1.29 is 33.7 Å². The van der Waals surface area contributed by atoms with E-state index in [1.54, 1.807) is 24.3 Å². The minimum atomic E-state index is -1.07. The van der Waals surface area contributed by atoms with E-state index in [-0.39, 0.29) is 24.6 Å². The van der Waals surface area contributed by atoms with Crippen LogP contribution in [0.2, 0.25) is 0 Å². The van der Waals surface area contributed by atoms with Gasteiger partial charge in [0.1, 0.15) is 12.4 Å². The molecule has 1 aliphatic heterocycles. The Bertz CT molecular complexity index is 751. The van der Waals surface area contributed by atoms with Gasteiger partial charge in [-0.1, -0.05) is 12.1 Å². The summed E-state index contributed by atoms with van der Waals surface area (Å²) in [5, 5.41) is 8.73. The molecule has 8 nitrogen and oxygen atoms in total. The van der Waals surface area contributed by atoms with Crippen LogP contribution in [0.3, 0.4) is 0 Å². The number of benzene rings is 1. The summed E-state index contributed by atoms with van der Waals surface area (Å²) in [6.07, 6.45) is 2.42. The lowest BCUT2D eigenvalue weighted by atomic mass is 10.1. The van der Waals surface area contributed by atoms with Gasteiger partial charge in [0.15, 0.2) is 0 Å². The monoisotopic (exact) mass is 347 g/mol. The number of methoxy groups -OCH3 is 2. The van der Waals surface area contributed by atoms with Crippen molar-refractivity contribution in [3.05, 3.63) is 47.2 Å². The maximum Gasteiger partial charge on any atom is 0.355 e. The molecule has 1 aromatic carbocycles. The van der Waals surface area contributed by atoms with Crippen LogP contribution in [-0.4, -0.2) is 50.6 Å². The maximum absolute atomic E-state index is 12.2. The third-order valence-electron chi connectivity index (χ3n) is 3.43. The van der Waals surface area contributed by atoms with Crippen molar-refractivity contribution in [1.82, 2.24) is 0 Å². The van der Waals surface area contributed by atoms with E-state index in [1.807, 2.05) is 0 Å². The van der Waals surface area contributed by atoms with Gasteiger partial charge in [-0.25, -0.2) is 14.4 Å². The molecule has 0 fully saturated rings. The lowest BCUT2D eigenvalue weighted by Crippen LogP contribution is -2.38. The van der Waals surface area contributed by atoms with E-state index in [9.17, 15) is 14.4 Å². The Morgan fingerprint density at radius 1 is 1.20 bits per heavy atom. The fourth-order valence-electron chi connectivity index (χ4n) is 2.31. The summed E-state index contributed by atoms with van der Waals surface area (Å²) in [5.74, 6) is -2.46. The van der Waals surface area contributed by atoms with Gasteiger partial charge in [-0.3, -0.25) is 0 Å². The topological polar surface area (TPSA) is 102 Å². The molecular weight excluding hydrogens is 330 g/mol. The first-order valence-corrected chi connectivity index (χ1v) is 7.24. The predicted molar refractivity (Wildman–Crippen MR) is 87.5 cm³/mol. The smallest absolute Gasteiger partial charge is 0.355 e. The molecule has 0 radical (unpaired) electrons. The Hall–Kier alpha value is -3.13. The number of hydrogen-bond acceptors (Lipinski definition) is 7. The Morgan fingerprint density at radius 3 is 2.56 bits per heavy atom. The van der Waals surface area contributed by atoms with Gasteiger partial charge in [0.25, 0.3) is 0 Å². The number of rotatable bonds is 5. The average Bonchev–Trinajstić information content (AvgIpc) is 2.64. The summed E-state index contributed by atoms with van der Waals surface area (Å²) in [4.78, 5) is 36.3. The van der Waals surface area contributed by atoms with E-state index in [4.69, 9.17) is 19.3 Å². The number of nitrogens with zero attached hydrogens (tertiary/aromatic N) is 1. The average molecular weight is 347 g/mol. The molecule has 1 N–H and O–H groups in total. The van der Waals surface area contributed by atoms with Gasteiger partial charge in [-0.2, -0.15) is 0 Å². The summed E-state index contributed by atoms with van der Waals surface area (Å²) in [6.45, 7) is -0.0523. The van der Waals surface area contributed by atoms with E-state index in [0.717, 1.165) is 6.08 Å². The molecule has 0 aromatic heterocycles. The van der Waals surface area contributed by atoms with Crippen LogP contribution in [0.15, 0.2) is 41.6 Å². The van der Waals surface area contributed by atoms with Gasteiger partial charge in [0, 0.05) is 11.8 Å². The fraction of sp³-hybridized carbons (Fsp3) is 0.235. The first-order chi connectivity index (χ1) is 12.0. The van der Waals surface area contributed by atoms with Crippen molar-refractivity contribution in [3.63, 3.8) is 0 Å². The maximum atomic E-state index is 12.2. The van der Waals surface area contributed by atoms with Crippen molar-refractivity contribution in [2.75, 3.05) is 32.5 Å². The van der Waals surface area contributed by atoms with Gasteiger partial charge >= 0.3 is 17.9 Å². The number of hydrogen-bond donors (Lipinski definition) is 1. The largest absolute Gasteiger partial charge is 0.478 e. The SMILES string of the molecule is COC(=O)C1=C(C(=O)OC)N(c2cccc(C=CC(=O)O)c2)COC1. The molecule has 0 saturated carbocycles. The highest BCUT2D eigenvalue weighted by molar-refractivity contribution is 6.03. The minimum absolute atomic E-state index is 0.0248. The van der Waals surface area contributed by atoms with E-state index in [1.165, 1.54) is 25.2 Å². The highest BCUT2D eigenvalue weighted by Crippen LogP contribution is 2.27. The number of anilines is 1. The molecule has 25 heavy (non-hydrogen) atoms. The Morgan fingerprint density at radius 2 is 1.92 bits per heavy atom. The number of ether oxygens (including phenoxy) is 3. The predicted octanol–water partition coefficient (Wildman–Crippen LogP) is 1.18. The third kappa shape index (κ3) is 4.24. The van der Waals surface area contributed by atoms with Crippen molar-refractivity contribution in [3.8, 4) is 0 Å². The number of carboxylic acid groups (broad SMARTS) is 1. The summed E-state index contributed by atoms with van der Waals surface area (Å²) in [6, 6.07) is 6.76. The number of carbonyl (C=O) groups is 3. The molecule has 8 heteroatoms. The fourth-order valence-corrected chi connectivity index (χ4v) is 2.31. The Kier molecular flexibility index (Phi) is 5.91. The molecule has 0 spiro atoms. The van der Waals surface area contributed by atoms with Crippen LogP contribution in [0.1, 0.15) is 5.56 Å². The van der Waals surface area contributed by atoms with E-state index < -0.39 is 17.9 Å². The van der Waals surface area contributed by atoms with Crippen molar-refractivity contribution in [2.45, 2.75) is 0 Å². The van der Waals surface area contributed by atoms with E-state index in [2.05, 4.69) is 0 Å². The Labute approximate surface area is 143 Å². The normalized spacial score (nSPS) is 14.6. The zero-order valence-electron chi connectivity index (χ0n) is 13.7. The lowest BCUT2D eigenvalue weighted by molar-refractivity contribution is -0.140. The van der Waals surface area contributed by atoms with Crippen LogP contribution in [0.4, 0.5) is 5.69 Å². The molecule has 2 rings (SSSR count). The highest BCUT2D eigenvalue weighted by Gasteiger charge is 2.32. The minimum Gasteiger partial charge on any atom is -0.478 e. The molecule has 1 heterocycles. The van der Waals surface area contributed by atoms with Gasteiger partial charge in [-0.05, 0) is 23.8 Å². The summed E-state index contributed by atoms with van der Waals surface area (Å²) in [5.41, 5.74) is 1.22. The summed E-state index contributed by atoms with van der Waals surface area (Å²) >= 11 is 0. The number of carbonyl (C=O) groups excluding carboxylic acids is 2. The Balaban J connectivity index is 2.48. The molecule has 0 atom stereocenters. The van der Waals surface area contributed by atoms with Crippen LogP contribution in [0.25, 0.3) is 6.08 Å². The zero-order valence-corrected chi connectivity index (χ0v) is 13.7. The molecule has 0 amide bonds. The molecule has 1 aromatic rings. The second kappa shape index (κ2) is 8.11. The summed E-state index contributed by atoms with van der Waals surface area (Å²) < 4.78 is 14.9. The zero-order chi connectivity index (χ0) is 18.4. The van der Waals surface area contributed by atoms with Crippen molar-refractivity contribution in [1.29, 1.82) is 0 Å². The number of esters is 2. The van der Waals surface area contributed by atoms with Crippen LogP contribution in [0, 0.1) is 0 Å². The van der Waals surface area contributed by atoms with Gasteiger partial charge < -0.3 is 24.2 Å². The first kappa shape index (κ1) is 18.2. The second-order valence-corrected chi connectivity index (χ2v) is 4.98. The molecule has 0 saturated heterocycles. The van der Waals surface area contributed by atoms with Gasteiger partial charge in [0.2, 0.25) is 0 Å². The molecule has 1 aliphatic rings. The van der Waals surface area contributed by atoms with Crippen LogP contribution in [-0.2, 0) is 28.6 Å².